The Labute approximate surface area is 121 Å². The summed E-state index contributed by atoms with van der Waals surface area (Å²) in [4.78, 5) is 22.7. The number of amides is 2. The average Bonchev–Trinajstić information content (AvgIpc) is 2.37. The Hall–Kier alpha value is -2.26. The number of nitrogens with zero attached hydrogens (tertiary/aromatic N) is 1. The van der Waals surface area contributed by atoms with E-state index in [4.69, 9.17) is 22.0 Å². The number of carbonyl (C=O) groups excluding carboxylic acids is 1. The van der Waals surface area contributed by atoms with Gasteiger partial charge in [0.2, 0.25) is 0 Å². The van der Waals surface area contributed by atoms with Gasteiger partial charge in [-0.1, -0.05) is 25.4 Å². The van der Waals surface area contributed by atoms with Crippen LogP contribution >= 0.6 is 11.6 Å². The molecule has 106 valence electrons. The summed E-state index contributed by atoms with van der Waals surface area (Å²) in [7, 11) is 0. The second kappa shape index (κ2) is 6.78. The Kier molecular flexibility index (Phi) is 5.35. The monoisotopic (exact) mass is 295 g/mol. The summed E-state index contributed by atoms with van der Waals surface area (Å²) >= 11 is 5.89. The van der Waals surface area contributed by atoms with Crippen molar-refractivity contribution in [3.63, 3.8) is 0 Å². The molecule has 0 aliphatic rings. The van der Waals surface area contributed by atoms with E-state index in [2.05, 4.69) is 10.6 Å². The first-order chi connectivity index (χ1) is 9.35. The number of carbonyl (C=O) groups is 2. The topological polar surface area (TPSA) is 102 Å². The molecule has 0 fully saturated rings. The van der Waals surface area contributed by atoms with Gasteiger partial charge < -0.3 is 15.7 Å². The third-order valence-electron chi connectivity index (χ3n) is 2.56. The zero-order chi connectivity index (χ0) is 15.3. The smallest absolute Gasteiger partial charge is 0.326 e. The van der Waals surface area contributed by atoms with Gasteiger partial charge in [0.25, 0.3) is 0 Å². The second-order valence-electron chi connectivity index (χ2n) is 4.46. The van der Waals surface area contributed by atoms with Crippen molar-refractivity contribution >= 4 is 29.3 Å². The molecule has 0 saturated heterocycles. The third kappa shape index (κ3) is 4.14. The van der Waals surface area contributed by atoms with Crippen molar-refractivity contribution in [3.8, 4) is 6.07 Å². The highest BCUT2D eigenvalue weighted by molar-refractivity contribution is 6.33. The highest BCUT2D eigenvalue weighted by atomic mass is 35.5. The van der Waals surface area contributed by atoms with E-state index < -0.39 is 18.0 Å². The van der Waals surface area contributed by atoms with Gasteiger partial charge in [-0.15, -0.1) is 0 Å². The van der Waals surface area contributed by atoms with Crippen LogP contribution in [0.3, 0.4) is 0 Å². The molecule has 1 rings (SSSR count). The van der Waals surface area contributed by atoms with Crippen LogP contribution < -0.4 is 10.6 Å². The molecule has 0 spiro atoms. The number of nitrogens with one attached hydrogen (secondary N) is 2. The zero-order valence-electron chi connectivity index (χ0n) is 11.0. The van der Waals surface area contributed by atoms with Crippen LogP contribution in [0.25, 0.3) is 0 Å². The van der Waals surface area contributed by atoms with Gasteiger partial charge in [0.1, 0.15) is 6.04 Å². The molecule has 20 heavy (non-hydrogen) atoms. The first kappa shape index (κ1) is 15.8. The Bertz CT molecular complexity index is 566. The Morgan fingerprint density at radius 3 is 2.55 bits per heavy atom. The quantitative estimate of drug-likeness (QED) is 0.794. The number of hydrogen-bond donors (Lipinski definition) is 3. The van der Waals surface area contributed by atoms with E-state index in [0.717, 1.165) is 0 Å². The maximum absolute atomic E-state index is 11.8. The predicted molar refractivity (Wildman–Crippen MR) is 74.6 cm³/mol. The van der Waals surface area contributed by atoms with Crippen LogP contribution in [0, 0.1) is 17.2 Å². The summed E-state index contributed by atoms with van der Waals surface area (Å²) in [5.41, 5.74) is 0.583. The minimum atomic E-state index is -1.12. The fourth-order valence-corrected chi connectivity index (χ4v) is 1.67. The summed E-state index contributed by atoms with van der Waals surface area (Å²) in [6.45, 7) is 3.37. The molecular formula is C13H14ClN3O3. The second-order valence-corrected chi connectivity index (χ2v) is 4.87. The number of carboxylic acid groups (broad SMARTS) is 1. The van der Waals surface area contributed by atoms with Gasteiger partial charge in [-0.3, -0.25) is 0 Å². The van der Waals surface area contributed by atoms with Crippen molar-refractivity contribution in [2.24, 2.45) is 5.92 Å². The lowest BCUT2D eigenvalue weighted by Crippen LogP contribution is -2.46. The lowest BCUT2D eigenvalue weighted by Gasteiger charge is -2.18. The fraction of sp³-hybridized carbons (Fsp3) is 0.308. The highest BCUT2D eigenvalue weighted by Gasteiger charge is 2.23. The van der Waals surface area contributed by atoms with Crippen LogP contribution in [-0.4, -0.2) is 23.1 Å². The molecule has 0 aliphatic carbocycles. The van der Waals surface area contributed by atoms with E-state index in [0.29, 0.717) is 5.56 Å². The minimum absolute atomic E-state index is 0.246. The molecule has 0 aliphatic heterocycles. The van der Waals surface area contributed by atoms with E-state index >= 15 is 0 Å². The molecule has 2 amide bonds. The van der Waals surface area contributed by atoms with Crippen molar-refractivity contribution in [2.75, 3.05) is 5.32 Å². The van der Waals surface area contributed by atoms with E-state index in [1.165, 1.54) is 18.2 Å². The van der Waals surface area contributed by atoms with Gasteiger partial charge >= 0.3 is 12.0 Å². The van der Waals surface area contributed by atoms with Gasteiger partial charge in [-0.05, 0) is 24.1 Å². The van der Waals surface area contributed by atoms with Crippen LogP contribution in [0.15, 0.2) is 18.2 Å². The molecular weight excluding hydrogens is 282 g/mol. The van der Waals surface area contributed by atoms with E-state index in [1.807, 2.05) is 6.07 Å². The maximum atomic E-state index is 11.8. The van der Waals surface area contributed by atoms with Crippen molar-refractivity contribution in [1.29, 1.82) is 5.26 Å². The van der Waals surface area contributed by atoms with E-state index in [-0.39, 0.29) is 16.6 Å². The Morgan fingerprint density at radius 2 is 2.05 bits per heavy atom. The molecule has 0 unspecified atom stereocenters. The molecule has 0 bridgehead atoms. The predicted octanol–water partition coefficient (Wildman–Crippen LogP) is 2.44. The van der Waals surface area contributed by atoms with Crippen molar-refractivity contribution in [2.45, 2.75) is 19.9 Å². The third-order valence-corrected chi connectivity index (χ3v) is 2.89. The number of anilines is 1. The number of carboxylic acids is 1. The number of aliphatic carboxylic acids is 1. The normalized spacial score (nSPS) is 11.6. The van der Waals surface area contributed by atoms with Crippen LogP contribution in [-0.2, 0) is 4.79 Å². The number of urea groups is 1. The van der Waals surface area contributed by atoms with Gasteiger partial charge in [-0.2, -0.15) is 5.26 Å². The number of nitriles is 1. The van der Waals surface area contributed by atoms with Crippen LogP contribution in [0.4, 0.5) is 10.5 Å². The number of halogens is 1. The molecule has 1 aromatic carbocycles. The van der Waals surface area contributed by atoms with Gasteiger partial charge in [0, 0.05) is 0 Å². The summed E-state index contributed by atoms with van der Waals surface area (Å²) in [5.74, 6) is -1.38. The first-order valence-corrected chi connectivity index (χ1v) is 6.23. The summed E-state index contributed by atoms with van der Waals surface area (Å²) in [5, 5.41) is 22.8. The number of rotatable bonds is 4. The minimum Gasteiger partial charge on any atom is -0.480 e. The summed E-state index contributed by atoms with van der Waals surface area (Å²) in [6.07, 6.45) is 0. The average molecular weight is 296 g/mol. The molecule has 3 N–H and O–H groups in total. The van der Waals surface area contributed by atoms with Gasteiger partial charge in [0.15, 0.2) is 0 Å². The maximum Gasteiger partial charge on any atom is 0.326 e. The van der Waals surface area contributed by atoms with Gasteiger partial charge in [0.05, 0.1) is 22.3 Å². The lowest BCUT2D eigenvalue weighted by molar-refractivity contribution is -0.140. The first-order valence-electron chi connectivity index (χ1n) is 5.85. The van der Waals surface area contributed by atoms with Crippen LogP contribution in [0.2, 0.25) is 5.02 Å². The molecule has 0 heterocycles. The highest BCUT2D eigenvalue weighted by Crippen LogP contribution is 2.22. The van der Waals surface area contributed by atoms with Crippen molar-refractivity contribution in [3.05, 3.63) is 28.8 Å². The largest absolute Gasteiger partial charge is 0.480 e. The van der Waals surface area contributed by atoms with Crippen molar-refractivity contribution < 1.29 is 14.7 Å². The molecule has 6 nitrogen and oxygen atoms in total. The van der Waals surface area contributed by atoms with E-state index in [9.17, 15) is 9.59 Å². The molecule has 7 heteroatoms. The summed E-state index contributed by atoms with van der Waals surface area (Å²) in [6, 6.07) is 4.62. The number of hydrogen-bond acceptors (Lipinski definition) is 3. The van der Waals surface area contributed by atoms with Gasteiger partial charge in [-0.25, -0.2) is 9.59 Å². The number of benzene rings is 1. The molecule has 1 aromatic rings. The Balaban J connectivity index is 2.81. The summed E-state index contributed by atoms with van der Waals surface area (Å²) < 4.78 is 0. The standard InChI is InChI=1S/C13H14ClN3O3/c1-7(2)11(12(18)19)17-13(20)16-10-5-8(6-15)3-4-9(10)14/h3-5,7,11H,1-2H3,(H,18,19)(H2,16,17,20)/t11-/m1/s1. The van der Waals surface area contributed by atoms with Crippen LogP contribution in [0.5, 0.6) is 0 Å². The lowest BCUT2D eigenvalue weighted by atomic mass is 10.1. The Morgan fingerprint density at radius 1 is 1.40 bits per heavy atom. The fourth-order valence-electron chi connectivity index (χ4n) is 1.50. The van der Waals surface area contributed by atoms with E-state index in [1.54, 1.807) is 13.8 Å². The molecule has 0 aromatic heterocycles. The molecule has 0 saturated carbocycles. The zero-order valence-corrected chi connectivity index (χ0v) is 11.7. The molecule has 0 radical (unpaired) electrons. The van der Waals surface area contributed by atoms with Crippen molar-refractivity contribution in [1.82, 2.24) is 5.32 Å². The van der Waals surface area contributed by atoms with Crippen LogP contribution in [0.1, 0.15) is 19.4 Å². The molecule has 1 atom stereocenters. The SMILES string of the molecule is CC(C)[C@@H](NC(=O)Nc1cc(C#N)ccc1Cl)C(=O)O.